The van der Waals surface area contributed by atoms with Gasteiger partial charge in [-0.2, -0.15) is 0 Å². The molecule has 3 aromatic rings. The van der Waals surface area contributed by atoms with E-state index in [2.05, 4.69) is 20.3 Å². The van der Waals surface area contributed by atoms with Crippen LogP contribution in [0.15, 0.2) is 61.8 Å². The normalized spacial score (nSPS) is 9.97. The number of anilines is 1. The molecule has 29 heavy (non-hydrogen) atoms. The molecule has 163 valence electrons. The first-order valence-electron chi connectivity index (χ1n) is 8.19. The van der Waals surface area contributed by atoms with E-state index >= 15 is 0 Å². The Morgan fingerprint density at radius 1 is 1.03 bits per heavy atom. The SMILES string of the molecule is C(=NCCNCCN=Cc1ccco1)c1ccco1.Cc1cnc(N)s1.[Br-].[Br-].[Cu+2]. The molecule has 0 aromatic carbocycles. The molecule has 11 heteroatoms. The van der Waals surface area contributed by atoms with Crippen LogP contribution in [0.25, 0.3) is 0 Å². The molecular weight excluding hydrogens is 574 g/mol. The third kappa shape index (κ3) is 14.4. The van der Waals surface area contributed by atoms with Crippen LogP contribution < -0.4 is 45.0 Å². The maximum atomic E-state index is 5.29. The van der Waals surface area contributed by atoms with Gasteiger partial charge in [0.25, 0.3) is 0 Å². The number of aryl methyl sites for hydroxylation is 1. The molecule has 0 saturated carbocycles. The Balaban J connectivity index is 0. The second-order valence-electron chi connectivity index (χ2n) is 5.16. The van der Waals surface area contributed by atoms with Crippen molar-refractivity contribution < 1.29 is 59.9 Å². The van der Waals surface area contributed by atoms with Crippen molar-refractivity contribution in [2.24, 2.45) is 9.98 Å². The van der Waals surface area contributed by atoms with E-state index in [1.807, 2.05) is 31.2 Å². The molecule has 0 aliphatic heterocycles. The molecule has 0 bridgehead atoms. The van der Waals surface area contributed by atoms with Crippen molar-refractivity contribution in [1.82, 2.24) is 10.3 Å². The number of furan rings is 2. The predicted octanol–water partition coefficient (Wildman–Crippen LogP) is -2.96. The van der Waals surface area contributed by atoms with Crippen molar-refractivity contribution in [3.63, 3.8) is 0 Å². The smallest absolute Gasteiger partial charge is 1.00 e. The molecule has 1 radical (unpaired) electrons. The first-order valence-corrected chi connectivity index (χ1v) is 9.01. The molecule has 0 aliphatic rings. The number of hydrogen-bond donors (Lipinski definition) is 2. The number of aromatic nitrogens is 1. The van der Waals surface area contributed by atoms with Gasteiger partial charge < -0.3 is 53.8 Å². The molecule has 7 nitrogen and oxygen atoms in total. The Bertz CT molecular complexity index is 717. The molecule has 3 N–H and O–H groups in total. The van der Waals surface area contributed by atoms with Gasteiger partial charge >= 0.3 is 17.1 Å². The summed E-state index contributed by atoms with van der Waals surface area (Å²) in [7, 11) is 0. The summed E-state index contributed by atoms with van der Waals surface area (Å²) in [6, 6.07) is 7.44. The van der Waals surface area contributed by atoms with E-state index in [1.165, 1.54) is 11.3 Å². The minimum atomic E-state index is 0. The summed E-state index contributed by atoms with van der Waals surface area (Å²) in [4.78, 5) is 13.5. The quantitative estimate of drug-likeness (QED) is 0.165. The van der Waals surface area contributed by atoms with Crippen molar-refractivity contribution in [1.29, 1.82) is 0 Å². The van der Waals surface area contributed by atoms with E-state index in [-0.39, 0.29) is 51.0 Å². The van der Waals surface area contributed by atoms with Crippen LogP contribution in [-0.4, -0.2) is 43.6 Å². The Kier molecular flexibility index (Phi) is 19.4. The van der Waals surface area contributed by atoms with Gasteiger partial charge in [-0.1, -0.05) is 0 Å². The Labute approximate surface area is 206 Å². The number of nitrogens with one attached hydrogen (secondary N) is 1. The number of hydrogen-bond acceptors (Lipinski definition) is 8. The van der Waals surface area contributed by atoms with Gasteiger partial charge in [-0.3, -0.25) is 9.98 Å². The molecule has 0 atom stereocenters. The Morgan fingerprint density at radius 2 is 1.55 bits per heavy atom. The van der Waals surface area contributed by atoms with Crippen LogP contribution in [-0.2, 0) is 17.1 Å². The van der Waals surface area contributed by atoms with Gasteiger partial charge in [0.2, 0.25) is 0 Å². The van der Waals surface area contributed by atoms with Gasteiger partial charge in [0.05, 0.1) is 38.0 Å². The predicted molar refractivity (Wildman–Crippen MR) is 106 cm³/mol. The average molecular weight is 597 g/mol. The van der Waals surface area contributed by atoms with E-state index in [0.717, 1.165) is 42.6 Å². The number of nitrogen functional groups attached to an aromatic ring is 1. The first-order chi connectivity index (χ1) is 12.7. The molecule has 3 heterocycles. The monoisotopic (exact) mass is 594 g/mol. The van der Waals surface area contributed by atoms with Crippen molar-refractivity contribution >= 4 is 28.9 Å². The fourth-order valence-corrected chi connectivity index (χ4v) is 2.36. The number of rotatable bonds is 8. The van der Waals surface area contributed by atoms with Crippen LogP contribution in [0.1, 0.15) is 16.4 Å². The van der Waals surface area contributed by atoms with Gasteiger partial charge in [-0.05, 0) is 31.2 Å². The second kappa shape index (κ2) is 18.8. The third-order valence-corrected chi connectivity index (χ3v) is 3.74. The zero-order valence-corrected chi connectivity index (χ0v) is 20.7. The summed E-state index contributed by atoms with van der Waals surface area (Å²) < 4.78 is 10.3. The molecule has 3 aromatic heterocycles. The summed E-state index contributed by atoms with van der Waals surface area (Å²) in [5.41, 5.74) is 5.29. The standard InChI is InChI=1S/C14H17N3O2.C4H6N2S.2BrH.Cu/c1-3-13(18-9-1)11-16-7-5-15-6-8-17-12-14-4-2-10-19-14;1-3-2-6-4(5)7-3;;;/h1-4,9-12,15H,5-8H2;2H,1H3,(H2,5,6);2*1H;/q;;;;+2/p-2. The number of nitrogens with two attached hydrogens (primary N) is 1. The Hall–Kier alpha value is -1.23. The molecule has 0 fully saturated rings. The number of aliphatic imine (C=N–C) groups is 2. The molecule has 0 saturated heterocycles. The average Bonchev–Trinajstić information content (AvgIpc) is 3.38. The van der Waals surface area contributed by atoms with Crippen LogP contribution in [0.3, 0.4) is 0 Å². The van der Waals surface area contributed by atoms with Crippen molar-refractivity contribution in [2.75, 3.05) is 31.9 Å². The van der Waals surface area contributed by atoms with Crippen LogP contribution in [0.4, 0.5) is 5.13 Å². The minimum Gasteiger partial charge on any atom is -1.00 e. The van der Waals surface area contributed by atoms with E-state index in [9.17, 15) is 0 Å². The second-order valence-corrected chi connectivity index (χ2v) is 6.43. The maximum absolute atomic E-state index is 5.29. The van der Waals surface area contributed by atoms with Crippen molar-refractivity contribution in [2.45, 2.75) is 6.92 Å². The zero-order chi connectivity index (χ0) is 18.5. The van der Waals surface area contributed by atoms with Crippen molar-refractivity contribution in [3.8, 4) is 0 Å². The Morgan fingerprint density at radius 3 is 1.86 bits per heavy atom. The largest absolute Gasteiger partial charge is 2.00 e. The summed E-state index contributed by atoms with van der Waals surface area (Å²) in [5, 5.41) is 3.91. The molecule has 3 rings (SSSR count). The summed E-state index contributed by atoms with van der Waals surface area (Å²) >= 11 is 1.51. The van der Waals surface area contributed by atoms with Gasteiger partial charge in [-0.25, -0.2) is 4.98 Å². The van der Waals surface area contributed by atoms with Crippen LogP contribution in [0.5, 0.6) is 0 Å². The molecule has 0 aliphatic carbocycles. The van der Waals surface area contributed by atoms with Gasteiger partial charge in [0.1, 0.15) is 11.5 Å². The van der Waals surface area contributed by atoms with Crippen LogP contribution in [0.2, 0.25) is 0 Å². The maximum Gasteiger partial charge on any atom is 2.00 e. The van der Waals surface area contributed by atoms with E-state index in [4.69, 9.17) is 14.6 Å². The summed E-state index contributed by atoms with van der Waals surface area (Å²) in [5.74, 6) is 1.56. The zero-order valence-electron chi connectivity index (χ0n) is 15.7. The number of halogens is 2. The topological polar surface area (TPSA) is 102 Å². The molecule has 0 unspecified atom stereocenters. The fraction of sp³-hybridized carbons (Fsp3) is 0.278. The van der Waals surface area contributed by atoms with E-state index in [0.29, 0.717) is 5.13 Å². The molecule has 0 amide bonds. The minimum absolute atomic E-state index is 0. The summed E-state index contributed by atoms with van der Waals surface area (Å²) in [6.45, 7) is 5.08. The summed E-state index contributed by atoms with van der Waals surface area (Å²) in [6.07, 6.45) is 8.50. The van der Waals surface area contributed by atoms with Gasteiger partial charge in [-0.15, -0.1) is 11.3 Å². The van der Waals surface area contributed by atoms with Crippen LogP contribution >= 0.6 is 11.3 Å². The van der Waals surface area contributed by atoms with E-state index in [1.54, 1.807) is 31.2 Å². The van der Waals surface area contributed by atoms with Gasteiger partial charge in [0, 0.05) is 24.2 Å². The first kappa shape index (κ1) is 30.0. The van der Waals surface area contributed by atoms with Crippen LogP contribution in [0, 0.1) is 6.92 Å². The number of thiazole rings is 1. The molecule has 0 spiro atoms. The number of nitrogens with zero attached hydrogens (tertiary/aromatic N) is 3. The van der Waals surface area contributed by atoms with Gasteiger partial charge in [0.15, 0.2) is 5.13 Å². The van der Waals surface area contributed by atoms with Crippen molar-refractivity contribution in [3.05, 3.63) is 59.4 Å². The molecular formula is C18H23Br2CuN5O2S. The van der Waals surface area contributed by atoms with E-state index < -0.39 is 0 Å². The third-order valence-electron chi connectivity index (χ3n) is 3.00. The fourth-order valence-electron chi connectivity index (χ4n) is 1.82.